The van der Waals surface area contributed by atoms with Gasteiger partial charge in [0.15, 0.2) is 0 Å². The highest BCUT2D eigenvalue weighted by atomic mass is 35.5. The molecule has 1 aromatic heterocycles. The second-order valence-electron chi connectivity index (χ2n) is 2.38. The molecule has 1 N–H and O–H groups in total. The Hall–Kier alpha value is -1.11. The minimum absolute atomic E-state index is 0.409. The van der Waals surface area contributed by atoms with Crippen LogP contribution in [0.1, 0.15) is 12.0 Å². The van der Waals surface area contributed by atoms with Crippen molar-refractivity contribution >= 4 is 11.6 Å². The molecular formula is C9H10ClN3. The summed E-state index contributed by atoms with van der Waals surface area (Å²) in [5, 5.41) is 3.41. The van der Waals surface area contributed by atoms with Crippen LogP contribution < -0.4 is 5.32 Å². The van der Waals surface area contributed by atoms with Crippen LogP contribution in [0.5, 0.6) is 0 Å². The van der Waals surface area contributed by atoms with E-state index in [9.17, 15) is 0 Å². The monoisotopic (exact) mass is 195 g/mol. The van der Waals surface area contributed by atoms with Crippen LogP contribution in [0.25, 0.3) is 0 Å². The highest BCUT2D eigenvalue weighted by Crippen LogP contribution is 2.07. The molecule has 1 rings (SSSR count). The average molecular weight is 196 g/mol. The van der Waals surface area contributed by atoms with E-state index in [1.165, 1.54) is 6.33 Å². The number of nitrogens with zero attached hydrogens (tertiary/aromatic N) is 2. The smallest absolute Gasteiger partial charge is 0.148 e. The van der Waals surface area contributed by atoms with E-state index in [0.29, 0.717) is 10.7 Å². The molecule has 0 bridgehead atoms. The fourth-order valence-corrected chi connectivity index (χ4v) is 0.883. The predicted octanol–water partition coefficient (Wildman–Crippen LogP) is 1.09. The van der Waals surface area contributed by atoms with Gasteiger partial charge in [0, 0.05) is 19.2 Å². The van der Waals surface area contributed by atoms with Gasteiger partial charge in [-0.15, -0.1) is 0 Å². The molecule has 4 heteroatoms. The molecule has 0 aromatic carbocycles. The predicted molar refractivity (Wildman–Crippen MR) is 52.5 cm³/mol. The van der Waals surface area contributed by atoms with Crippen LogP contribution in [0.15, 0.2) is 12.5 Å². The van der Waals surface area contributed by atoms with Crippen LogP contribution in [-0.2, 0) is 0 Å². The summed E-state index contributed by atoms with van der Waals surface area (Å²) in [7, 11) is 1.89. The summed E-state index contributed by atoms with van der Waals surface area (Å²) in [6.07, 6.45) is 3.81. The van der Waals surface area contributed by atoms with Crippen LogP contribution in [0.2, 0.25) is 5.15 Å². The molecule has 0 saturated heterocycles. The molecule has 0 amide bonds. The zero-order valence-corrected chi connectivity index (χ0v) is 8.10. The summed E-state index contributed by atoms with van der Waals surface area (Å²) in [4.78, 5) is 7.64. The van der Waals surface area contributed by atoms with E-state index >= 15 is 0 Å². The summed E-state index contributed by atoms with van der Waals surface area (Å²) in [5.74, 6) is 5.87. The van der Waals surface area contributed by atoms with E-state index in [1.807, 2.05) is 7.05 Å². The van der Waals surface area contributed by atoms with Crippen molar-refractivity contribution in [3.63, 3.8) is 0 Å². The Morgan fingerprint density at radius 3 is 3.15 bits per heavy atom. The van der Waals surface area contributed by atoms with Crippen molar-refractivity contribution in [3.05, 3.63) is 23.2 Å². The standard InChI is InChI=1S/C9H10ClN3/c1-11-5-3-2-4-8-6-12-7-13-9(8)10/h6-7,11H,3,5H2,1H3. The molecule has 13 heavy (non-hydrogen) atoms. The number of hydrogen-bond acceptors (Lipinski definition) is 3. The van der Waals surface area contributed by atoms with Gasteiger partial charge in [-0.1, -0.05) is 23.4 Å². The lowest BCUT2D eigenvalue weighted by Crippen LogP contribution is -2.05. The number of hydrogen-bond donors (Lipinski definition) is 1. The van der Waals surface area contributed by atoms with E-state index in [-0.39, 0.29) is 0 Å². The topological polar surface area (TPSA) is 37.8 Å². The summed E-state index contributed by atoms with van der Waals surface area (Å²) >= 11 is 5.77. The van der Waals surface area contributed by atoms with Gasteiger partial charge < -0.3 is 5.32 Å². The Balaban J connectivity index is 2.61. The maximum atomic E-state index is 5.77. The van der Waals surface area contributed by atoms with Crippen LogP contribution >= 0.6 is 11.6 Å². The van der Waals surface area contributed by atoms with Gasteiger partial charge in [0.25, 0.3) is 0 Å². The first-order chi connectivity index (χ1) is 6.34. The molecule has 3 nitrogen and oxygen atoms in total. The van der Waals surface area contributed by atoms with Gasteiger partial charge in [0.05, 0.1) is 5.56 Å². The van der Waals surface area contributed by atoms with Crippen molar-refractivity contribution in [2.24, 2.45) is 0 Å². The summed E-state index contributed by atoms with van der Waals surface area (Å²) in [6.45, 7) is 0.873. The number of nitrogens with one attached hydrogen (secondary N) is 1. The van der Waals surface area contributed by atoms with Gasteiger partial charge in [0.2, 0.25) is 0 Å². The summed E-state index contributed by atoms with van der Waals surface area (Å²) in [6, 6.07) is 0. The second-order valence-corrected chi connectivity index (χ2v) is 2.74. The molecule has 0 atom stereocenters. The quantitative estimate of drug-likeness (QED) is 0.436. The maximum Gasteiger partial charge on any atom is 0.148 e. The van der Waals surface area contributed by atoms with Crippen LogP contribution in [0.4, 0.5) is 0 Å². The third kappa shape index (κ3) is 3.41. The first-order valence-electron chi connectivity index (χ1n) is 3.93. The van der Waals surface area contributed by atoms with Crippen LogP contribution in [0, 0.1) is 11.8 Å². The van der Waals surface area contributed by atoms with Crippen molar-refractivity contribution in [1.29, 1.82) is 0 Å². The lowest BCUT2D eigenvalue weighted by molar-refractivity contribution is 0.818. The minimum Gasteiger partial charge on any atom is -0.319 e. The third-order valence-corrected chi connectivity index (χ3v) is 1.69. The molecule has 1 heterocycles. The van der Waals surface area contributed by atoms with Crippen LogP contribution in [0.3, 0.4) is 0 Å². The first-order valence-corrected chi connectivity index (χ1v) is 4.31. The molecule has 0 saturated carbocycles. The van der Waals surface area contributed by atoms with Gasteiger partial charge in [0.1, 0.15) is 11.5 Å². The largest absolute Gasteiger partial charge is 0.319 e. The molecule has 0 aliphatic carbocycles. The number of halogens is 1. The van der Waals surface area contributed by atoms with E-state index in [1.54, 1.807) is 6.20 Å². The van der Waals surface area contributed by atoms with Crippen molar-refractivity contribution in [2.45, 2.75) is 6.42 Å². The zero-order chi connectivity index (χ0) is 9.52. The normalized spacial score (nSPS) is 9.08. The van der Waals surface area contributed by atoms with Crippen molar-refractivity contribution < 1.29 is 0 Å². The summed E-state index contributed by atoms with van der Waals surface area (Å²) < 4.78 is 0. The summed E-state index contributed by atoms with van der Waals surface area (Å²) in [5.41, 5.74) is 0.681. The molecule has 0 spiro atoms. The molecule has 0 radical (unpaired) electrons. The van der Waals surface area contributed by atoms with Crippen molar-refractivity contribution in [1.82, 2.24) is 15.3 Å². The molecule has 0 fully saturated rings. The van der Waals surface area contributed by atoms with Crippen molar-refractivity contribution in [2.75, 3.05) is 13.6 Å². The molecule has 0 aliphatic heterocycles. The van der Waals surface area contributed by atoms with E-state index < -0.39 is 0 Å². The van der Waals surface area contributed by atoms with Crippen LogP contribution in [-0.4, -0.2) is 23.6 Å². The maximum absolute atomic E-state index is 5.77. The van der Waals surface area contributed by atoms with Gasteiger partial charge in [-0.05, 0) is 7.05 Å². The molecule has 0 aliphatic rings. The highest BCUT2D eigenvalue weighted by Gasteiger charge is 1.94. The highest BCUT2D eigenvalue weighted by molar-refractivity contribution is 6.30. The Morgan fingerprint density at radius 1 is 1.62 bits per heavy atom. The average Bonchev–Trinajstić information content (AvgIpc) is 2.15. The Morgan fingerprint density at radius 2 is 2.46 bits per heavy atom. The first kappa shape index (κ1) is 9.97. The van der Waals surface area contributed by atoms with E-state index in [4.69, 9.17) is 11.6 Å². The Kier molecular flexibility index (Phi) is 4.24. The number of rotatable bonds is 2. The Bertz CT molecular complexity index is 327. The minimum atomic E-state index is 0.409. The second kappa shape index (κ2) is 5.52. The third-order valence-electron chi connectivity index (χ3n) is 1.39. The molecule has 0 unspecified atom stereocenters. The fourth-order valence-electron chi connectivity index (χ4n) is 0.744. The van der Waals surface area contributed by atoms with Gasteiger partial charge in [-0.2, -0.15) is 0 Å². The molecular weight excluding hydrogens is 186 g/mol. The Labute approximate surface area is 82.5 Å². The fraction of sp³-hybridized carbons (Fsp3) is 0.333. The molecule has 1 aromatic rings. The van der Waals surface area contributed by atoms with Gasteiger partial charge >= 0.3 is 0 Å². The zero-order valence-electron chi connectivity index (χ0n) is 7.34. The van der Waals surface area contributed by atoms with E-state index in [2.05, 4.69) is 27.1 Å². The number of aromatic nitrogens is 2. The lowest BCUT2D eigenvalue weighted by atomic mass is 10.3. The van der Waals surface area contributed by atoms with Crippen molar-refractivity contribution in [3.8, 4) is 11.8 Å². The molecule has 68 valence electrons. The van der Waals surface area contributed by atoms with E-state index in [0.717, 1.165) is 13.0 Å². The SMILES string of the molecule is CNCCC#Cc1cncnc1Cl. The van der Waals surface area contributed by atoms with Gasteiger partial charge in [-0.25, -0.2) is 9.97 Å². The lowest BCUT2D eigenvalue weighted by Gasteiger charge is -1.91. The van der Waals surface area contributed by atoms with Gasteiger partial charge in [-0.3, -0.25) is 0 Å².